The van der Waals surface area contributed by atoms with Gasteiger partial charge in [-0.25, -0.2) is 0 Å². The lowest BCUT2D eigenvalue weighted by Gasteiger charge is -2.03. The molecule has 0 aliphatic rings. The van der Waals surface area contributed by atoms with Crippen LogP contribution < -0.4 is 5.32 Å². The Balaban J connectivity index is 0.00000176. The van der Waals surface area contributed by atoms with Gasteiger partial charge in [0.1, 0.15) is 5.69 Å². The van der Waals surface area contributed by atoms with Gasteiger partial charge in [-0.05, 0) is 24.1 Å². The Kier molecular flexibility index (Phi) is 9.94. The molecule has 2 N–H and O–H groups in total. The van der Waals surface area contributed by atoms with E-state index in [1.165, 1.54) is 0 Å². The van der Waals surface area contributed by atoms with E-state index in [2.05, 4.69) is 16.9 Å². The maximum absolute atomic E-state index is 12.4. The third kappa shape index (κ3) is 7.32. The first kappa shape index (κ1) is 21.9. The molecule has 142 valence electrons. The van der Waals surface area contributed by atoms with Gasteiger partial charge >= 0.3 is 0 Å². The van der Waals surface area contributed by atoms with Gasteiger partial charge in [-0.1, -0.05) is 75.1 Å². The van der Waals surface area contributed by atoms with Gasteiger partial charge in [0.25, 0.3) is 5.91 Å². The predicted octanol–water partition coefficient (Wildman–Crippen LogP) is 5.23. The van der Waals surface area contributed by atoms with Gasteiger partial charge in [-0.15, -0.1) is 0 Å². The highest BCUT2D eigenvalue weighted by molar-refractivity contribution is 6.01. The Hall–Kier alpha value is -3.14. The highest BCUT2D eigenvalue weighted by Crippen LogP contribution is 2.13. The molecule has 1 heterocycles. The zero-order valence-corrected chi connectivity index (χ0v) is 16.3. The van der Waals surface area contributed by atoms with Gasteiger partial charge in [-0.3, -0.25) is 9.59 Å². The van der Waals surface area contributed by atoms with E-state index in [0.29, 0.717) is 17.8 Å². The van der Waals surface area contributed by atoms with Crippen molar-refractivity contribution in [1.29, 1.82) is 0 Å². The summed E-state index contributed by atoms with van der Waals surface area (Å²) in [6, 6.07) is 11.2. The van der Waals surface area contributed by atoms with E-state index in [4.69, 9.17) is 0 Å². The Bertz CT molecular complexity index is 799. The van der Waals surface area contributed by atoms with E-state index < -0.39 is 0 Å². The number of Topliss-reactive ketones (excluding diaryl/α,β-unsaturated/α-hetero) is 1. The fourth-order valence-electron chi connectivity index (χ4n) is 2.39. The normalized spacial score (nSPS) is 10.9. The molecule has 4 heteroatoms. The van der Waals surface area contributed by atoms with Crippen LogP contribution in [0.4, 0.5) is 0 Å². The Morgan fingerprint density at radius 2 is 1.89 bits per heavy atom. The van der Waals surface area contributed by atoms with Crippen LogP contribution in [0.25, 0.3) is 0 Å². The van der Waals surface area contributed by atoms with Crippen LogP contribution in [-0.4, -0.2) is 16.7 Å². The number of carbonyl (C=O) groups excluding carboxylic acids is 2. The van der Waals surface area contributed by atoms with E-state index in [1.807, 2.05) is 63.3 Å². The molecule has 0 bridgehead atoms. The van der Waals surface area contributed by atoms with Crippen molar-refractivity contribution < 1.29 is 9.59 Å². The molecule has 0 aliphatic carbocycles. The molecule has 2 rings (SSSR count). The Morgan fingerprint density at radius 1 is 1.19 bits per heavy atom. The molecule has 0 fully saturated rings. The van der Waals surface area contributed by atoms with Crippen LogP contribution in [0.2, 0.25) is 0 Å². The number of carbonyl (C=O) groups is 2. The SMILES string of the molecule is C=C/C=C(\C=C/C)CC(=O)c1c[nH]c(C(=O)NCc2ccccc2)c1.CC. The number of nitrogens with one attached hydrogen (secondary N) is 2. The molecule has 27 heavy (non-hydrogen) atoms. The zero-order valence-electron chi connectivity index (χ0n) is 16.3. The van der Waals surface area contributed by atoms with Crippen LogP contribution in [0.3, 0.4) is 0 Å². The molecule has 0 atom stereocenters. The second kappa shape index (κ2) is 12.3. The highest BCUT2D eigenvalue weighted by Gasteiger charge is 2.13. The zero-order chi connectivity index (χ0) is 20.1. The molecular formula is C23H28N2O2. The summed E-state index contributed by atoms with van der Waals surface area (Å²) in [7, 11) is 0. The molecule has 0 aliphatic heterocycles. The summed E-state index contributed by atoms with van der Waals surface area (Å²) in [6.45, 7) is 9.99. The quantitative estimate of drug-likeness (QED) is 0.497. The van der Waals surface area contributed by atoms with Crippen LogP contribution in [0, 0.1) is 0 Å². The number of amides is 1. The van der Waals surface area contributed by atoms with Crippen LogP contribution in [0.1, 0.15) is 53.6 Å². The van der Waals surface area contributed by atoms with E-state index in [0.717, 1.165) is 11.1 Å². The average Bonchev–Trinajstić information content (AvgIpc) is 3.19. The first-order valence-electron chi connectivity index (χ1n) is 9.12. The lowest BCUT2D eigenvalue weighted by molar-refractivity contribution is 0.0946. The minimum atomic E-state index is -0.238. The van der Waals surface area contributed by atoms with E-state index in [9.17, 15) is 9.59 Å². The van der Waals surface area contributed by atoms with Gasteiger partial charge in [0.2, 0.25) is 0 Å². The summed E-state index contributed by atoms with van der Waals surface area (Å²) >= 11 is 0. The second-order valence-electron chi connectivity index (χ2n) is 5.55. The Labute approximate surface area is 161 Å². The molecule has 0 saturated heterocycles. The van der Waals surface area contributed by atoms with Gasteiger partial charge in [0.05, 0.1) is 0 Å². The van der Waals surface area contributed by atoms with Crippen molar-refractivity contribution in [2.24, 2.45) is 0 Å². The van der Waals surface area contributed by atoms with Crippen LogP contribution in [0.5, 0.6) is 0 Å². The first-order valence-corrected chi connectivity index (χ1v) is 9.12. The van der Waals surface area contributed by atoms with E-state index in [-0.39, 0.29) is 18.1 Å². The number of rotatable bonds is 8. The van der Waals surface area contributed by atoms with Crippen molar-refractivity contribution in [3.8, 4) is 0 Å². The largest absolute Gasteiger partial charge is 0.356 e. The molecule has 1 amide bonds. The van der Waals surface area contributed by atoms with Crippen molar-refractivity contribution in [2.75, 3.05) is 0 Å². The molecule has 0 radical (unpaired) electrons. The number of aromatic nitrogens is 1. The third-order valence-corrected chi connectivity index (χ3v) is 3.62. The summed E-state index contributed by atoms with van der Waals surface area (Å²) in [4.78, 5) is 27.4. The average molecular weight is 364 g/mol. The van der Waals surface area contributed by atoms with Crippen LogP contribution in [-0.2, 0) is 6.54 Å². The van der Waals surface area contributed by atoms with Crippen molar-refractivity contribution in [3.63, 3.8) is 0 Å². The minimum Gasteiger partial charge on any atom is -0.356 e. The van der Waals surface area contributed by atoms with Crippen LogP contribution in [0.15, 0.2) is 79.1 Å². The van der Waals surface area contributed by atoms with Crippen molar-refractivity contribution in [1.82, 2.24) is 10.3 Å². The fourth-order valence-corrected chi connectivity index (χ4v) is 2.39. The summed E-state index contributed by atoms with van der Waals surface area (Å²) in [6.07, 6.45) is 9.04. The van der Waals surface area contributed by atoms with E-state index in [1.54, 1.807) is 24.4 Å². The smallest absolute Gasteiger partial charge is 0.267 e. The lowest BCUT2D eigenvalue weighted by atomic mass is 10.0. The monoisotopic (exact) mass is 364 g/mol. The summed E-state index contributed by atoms with van der Waals surface area (Å²) in [5, 5.41) is 2.83. The molecule has 2 aromatic rings. The number of ketones is 1. The minimum absolute atomic E-state index is 0.0513. The van der Waals surface area contributed by atoms with Crippen molar-refractivity contribution in [2.45, 2.75) is 33.7 Å². The molecule has 0 saturated carbocycles. The summed E-state index contributed by atoms with van der Waals surface area (Å²) < 4.78 is 0. The van der Waals surface area contributed by atoms with E-state index >= 15 is 0 Å². The predicted molar refractivity (Wildman–Crippen MR) is 112 cm³/mol. The van der Waals surface area contributed by atoms with Crippen LogP contribution >= 0.6 is 0 Å². The maximum Gasteiger partial charge on any atom is 0.267 e. The highest BCUT2D eigenvalue weighted by atomic mass is 16.2. The van der Waals surface area contributed by atoms with Crippen molar-refractivity contribution in [3.05, 3.63) is 95.9 Å². The first-order chi connectivity index (χ1) is 13.1. The molecule has 1 aromatic heterocycles. The Morgan fingerprint density at radius 3 is 2.52 bits per heavy atom. The second-order valence-corrected chi connectivity index (χ2v) is 5.55. The van der Waals surface area contributed by atoms with Gasteiger partial charge in [0.15, 0.2) is 5.78 Å². The molecular weight excluding hydrogens is 336 g/mol. The topological polar surface area (TPSA) is 62.0 Å². The van der Waals surface area contributed by atoms with Gasteiger partial charge in [-0.2, -0.15) is 0 Å². The summed E-state index contributed by atoms with van der Waals surface area (Å²) in [5.74, 6) is -0.289. The standard InChI is InChI=1S/C21H22N2O2.C2H6/c1-3-8-16(9-4-2)12-20(24)18-13-19(22-15-18)21(25)23-14-17-10-6-5-7-11-17;1-2/h3-11,13,15,22H,1,12,14H2,2H3,(H,23,25);1-2H3/b9-4-,16-8+;. The number of H-pyrrole nitrogens is 1. The number of hydrogen-bond donors (Lipinski definition) is 2. The van der Waals surface area contributed by atoms with Crippen molar-refractivity contribution >= 4 is 11.7 Å². The number of benzene rings is 1. The fraction of sp³-hybridized carbons (Fsp3) is 0.217. The third-order valence-electron chi connectivity index (χ3n) is 3.62. The summed E-state index contributed by atoms with van der Waals surface area (Å²) in [5.41, 5.74) is 2.76. The molecule has 4 nitrogen and oxygen atoms in total. The molecule has 1 aromatic carbocycles. The molecule has 0 unspecified atom stereocenters. The van der Waals surface area contributed by atoms with Gasteiger partial charge in [0, 0.05) is 24.7 Å². The number of aromatic amines is 1. The maximum atomic E-state index is 12.4. The van der Waals surface area contributed by atoms with Gasteiger partial charge < -0.3 is 10.3 Å². The number of allylic oxidation sites excluding steroid dienone is 5. The number of hydrogen-bond acceptors (Lipinski definition) is 2. The molecule has 0 spiro atoms. The lowest BCUT2D eigenvalue weighted by Crippen LogP contribution is -2.23.